The fourth-order valence-corrected chi connectivity index (χ4v) is 7.09. The zero-order valence-corrected chi connectivity index (χ0v) is 18.9. The summed E-state index contributed by atoms with van der Waals surface area (Å²) < 4.78 is 0.379. The third kappa shape index (κ3) is 2.12. The van der Waals surface area contributed by atoms with E-state index in [0.717, 1.165) is 25.8 Å². The quantitative estimate of drug-likeness (QED) is 0.235. The summed E-state index contributed by atoms with van der Waals surface area (Å²) in [7, 11) is 0. The van der Waals surface area contributed by atoms with Gasteiger partial charge in [0.25, 0.3) is 0 Å². The van der Waals surface area contributed by atoms with Gasteiger partial charge in [-0.15, -0.1) is 0 Å². The third-order valence-electron chi connectivity index (χ3n) is 6.60. The smallest absolute Gasteiger partial charge is 0.239 e. The van der Waals surface area contributed by atoms with Crippen LogP contribution in [0.2, 0.25) is 0 Å². The molecule has 0 radical (unpaired) electrons. The lowest BCUT2D eigenvalue weighted by molar-refractivity contribution is -0.122. The van der Waals surface area contributed by atoms with Crippen LogP contribution in [-0.2, 0) is 13.9 Å². The Morgan fingerprint density at radius 3 is 1.93 bits per heavy atom. The molecular formula is C24H15BrINO2. The molecule has 3 aromatic rings. The molecule has 0 spiro atoms. The first-order valence-corrected chi connectivity index (χ1v) is 11.4. The molecule has 1 fully saturated rings. The first kappa shape index (κ1) is 17.8. The number of hydrogen-bond donors (Lipinski definition) is 0. The summed E-state index contributed by atoms with van der Waals surface area (Å²) in [5, 5.41) is 0. The summed E-state index contributed by atoms with van der Waals surface area (Å²) in [5.74, 6) is -1.17. The van der Waals surface area contributed by atoms with E-state index in [1.165, 1.54) is 4.90 Å². The lowest BCUT2D eigenvalue weighted by Crippen LogP contribution is -2.50. The molecule has 29 heavy (non-hydrogen) atoms. The average Bonchev–Trinajstić information content (AvgIpc) is 3.01. The van der Waals surface area contributed by atoms with Gasteiger partial charge in [-0.3, -0.25) is 9.59 Å². The zero-order valence-electron chi connectivity index (χ0n) is 15.2. The van der Waals surface area contributed by atoms with Crippen molar-refractivity contribution in [1.29, 1.82) is 0 Å². The van der Waals surface area contributed by atoms with Crippen LogP contribution >= 0.6 is 38.5 Å². The van der Waals surface area contributed by atoms with Crippen LogP contribution in [0.4, 0.5) is 5.69 Å². The molecule has 2 amide bonds. The van der Waals surface area contributed by atoms with Crippen LogP contribution in [0.15, 0.2) is 72.8 Å². The molecule has 3 aliphatic carbocycles. The number of rotatable bonds is 1. The van der Waals surface area contributed by atoms with Gasteiger partial charge >= 0.3 is 0 Å². The van der Waals surface area contributed by atoms with E-state index in [0.29, 0.717) is 5.69 Å². The number of amides is 2. The minimum absolute atomic E-state index is 0.0981. The fraction of sp³-hybridized carbons (Fsp3) is 0.167. The molecule has 142 valence electrons. The predicted octanol–water partition coefficient (Wildman–Crippen LogP) is 5.19. The minimum Gasteiger partial charge on any atom is -0.274 e. The molecule has 0 aromatic heterocycles. The van der Waals surface area contributed by atoms with Crippen LogP contribution in [-0.4, -0.2) is 11.8 Å². The van der Waals surface area contributed by atoms with Gasteiger partial charge in [0.2, 0.25) is 11.8 Å². The molecule has 1 aliphatic heterocycles. The molecule has 0 saturated carbocycles. The maximum absolute atomic E-state index is 13.7. The highest BCUT2D eigenvalue weighted by Crippen LogP contribution is 2.66. The molecule has 2 bridgehead atoms. The molecule has 0 unspecified atom stereocenters. The van der Waals surface area contributed by atoms with Gasteiger partial charge in [0.05, 0.1) is 21.8 Å². The Kier molecular flexibility index (Phi) is 3.70. The topological polar surface area (TPSA) is 37.4 Å². The summed E-state index contributed by atoms with van der Waals surface area (Å²) >= 11 is 6.24. The van der Waals surface area contributed by atoms with E-state index in [1.807, 2.05) is 48.5 Å². The van der Waals surface area contributed by atoms with Crippen molar-refractivity contribution in [2.24, 2.45) is 11.8 Å². The number of halogens is 2. The summed E-state index contributed by atoms with van der Waals surface area (Å²) in [4.78, 5) is 28.8. The van der Waals surface area contributed by atoms with Gasteiger partial charge in [0.1, 0.15) is 0 Å². The van der Waals surface area contributed by atoms with Gasteiger partial charge in [-0.1, -0.05) is 64.5 Å². The van der Waals surface area contributed by atoms with E-state index in [1.54, 1.807) is 0 Å². The number of anilines is 1. The lowest BCUT2D eigenvalue weighted by Gasteiger charge is -2.51. The van der Waals surface area contributed by atoms with Crippen molar-refractivity contribution < 1.29 is 9.59 Å². The molecule has 3 nitrogen and oxygen atoms in total. The predicted molar refractivity (Wildman–Crippen MR) is 123 cm³/mol. The van der Waals surface area contributed by atoms with Crippen LogP contribution in [0.25, 0.3) is 0 Å². The number of benzene rings is 3. The van der Waals surface area contributed by atoms with E-state index in [4.69, 9.17) is 0 Å². The molecule has 0 N–H and O–H groups in total. The fourth-order valence-electron chi connectivity index (χ4n) is 5.52. The largest absolute Gasteiger partial charge is 0.274 e. The number of nitrogens with zero attached hydrogens (tertiary/aromatic N) is 1. The molecule has 3 aromatic carbocycles. The van der Waals surface area contributed by atoms with E-state index in [-0.39, 0.29) is 17.7 Å². The molecule has 1 saturated heterocycles. The zero-order chi connectivity index (χ0) is 19.9. The standard InChI is InChI=1S/C24H15BrINO2/c25-24-17-7-3-1-5-15(17)19(16-6-2-4-8-18(16)24)20-21(24)23(29)27(22(20)28)14-11-9-13(26)10-12-14/h1-12,19-21H/t19?,20-,21+,24?/m0/s1. The normalized spacial score (nSPS) is 28.9. The summed E-state index contributed by atoms with van der Waals surface area (Å²) in [5.41, 5.74) is 5.16. The highest BCUT2D eigenvalue weighted by atomic mass is 127. The first-order chi connectivity index (χ1) is 14.0. The number of carbonyl (C=O) groups is 2. The van der Waals surface area contributed by atoms with E-state index >= 15 is 0 Å². The summed E-state index contributed by atoms with van der Waals surface area (Å²) in [6.07, 6.45) is 0. The van der Waals surface area contributed by atoms with Crippen LogP contribution in [0.5, 0.6) is 0 Å². The van der Waals surface area contributed by atoms with Crippen molar-refractivity contribution in [2.45, 2.75) is 10.2 Å². The molecule has 2 atom stereocenters. The Bertz CT molecular complexity index is 1160. The van der Waals surface area contributed by atoms with Crippen LogP contribution in [0.1, 0.15) is 28.2 Å². The number of hydrogen-bond acceptors (Lipinski definition) is 2. The Balaban J connectivity index is 1.61. The van der Waals surface area contributed by atoms with Gasteiger partial charge in [0.15, 0.2) is 0 Å². The average molecular weight is 556 g/mol. The Morgan fingerprint density at radius 2 is 1.34 bits per heavy atom. The van der Waals surface area contributed by atoms with Crippen molar-refractivity contribution >= 4 is 56.0 Å². The molecular weight excluding hydrogens is 541 g/mol. The van der Waals surface area contributed by atoms with Crippen molar-refractivity contribution in [3.05, 3.63) is 98.6 Å². The maximum Gasteiger partial charge on any atom is 0.239 e. The third-order valence-corrected chi connectivity index (χ3v) is 8.67. The van der Waals surface area contributed by atoms with E-state index in [2.05, 4.69) is 62.8 Å². The van der Waals surface area contributed by atoms with Crippen molar-refractivity contribution in [3.63, 3.8) is 0 Å². The minimum atomic E-state index is -0.690. The highest BCUT2D eigenvalue weighted by Gasteiger charge is 2.67. The van der Waals surface area contributed by atoms with Crippen molar-refractivity contribution in [3.8, 4) is 0 Å². The first-order valence-electron chi connectivity index (χ1n) is 9.54. The van der Waals surface area contributed by atoms with Crippen LogP contribution in [0.3, 0.4) is 0 Å². The monoisotopic (exact) mass is 555 g/mol. The van der Waals surface area contributed by atoms with Gasteiger partial charge in [-0.2, -0.15) is 0 Å². The number of carbonyl (C=O) groups excluding carboxylic acids is 2. The van der Waals surface area contributed by atoms with Crippen LogP contribution in [0, 0.1) is 15.4 Å². The van der Waals surface area contributed by atoms with E-state index in [9.17, 15) is 9.59 Å². The molecule has 5 heteroatoms. The summed E-state index contributed by atoms with van der Waals surface area (Å²) in [6.45, 7) is 0. The Hall–Kier alpha value is -1.99. The van der Waals surface area contributed by atoms with E-state index < -0.39 is 16.2 Å². The molecule has 7 rings (SSSR count). The second-order valence-electron chi connectivity index (χ2n) is 7.86. The van der Waals surface area contributed by atoms with Gasteiger partial charge in [0, 0.05) is 9.49 Å². The van der Waals surface area contributed by atoms with Crippen molar-refractivity contribution in [2.75, 3.05) is 4.90 Å². The molecule has 1 heterocycles. The van der Waals surface area contributed by atoms with Crippen molar-refractivity contribution in [1.82, 2.24) is 0 Å². The molecule has 4 aliphatic rings. The maximum atomic E-state index is 13.7. The number of imide groups is 1. The summed E-state index contributed by atoms with van der Waals surface area (Å²) in [6, 6.07) is 24.0. The highest BCUT2D eigenvalue weighted by molar-refractivity contribution is 14.1. The number of alkyl halides is 1. The second-order valence-corrected chi connectivity index (χ2v) is 10.4. The lowest BCUT2D eigenvalue weighted by atomic mass is 9.55. The SMILES string of the molecule is O=C1[C@H]2C3c4ccccc4C(Br)(c4ccccc43)[C@H]2C(=O)N1c1ccc(I)cc1. The Labute approximate surface area is 190 Å². The Morgan fingerprint density at radius 1 is 0.793 bits per heavy atom. The second kappa shape index (κ2) is 6.01. The van der Waals surface area contributed by atoms with Crippen LogP contribution < -0.4 is 4.90 Å². The van der Waals surface area contributed by atoms with Gasteiger partial charge in [-0.05, 0) is 69.1 Å². The van der Waals surface area contributed by atoms with Gasteiger partial charge in [-0.25, -0.2) is 4.90 Å². The van der Waals surface area contributed by atoms with Gasteiger partial charge < -0.3 is 0 Å².